The maximum Gasteiger partial charge on any atom is 0.0491 e. The molecule has 2 nitrogen and oxygen atoms in total. The van der Waals surface area contributed by atoms with Crippen molar-refractivity contribution in [3.05, 3.63) is 48.0 Å². The van der Waals surface area contributed by atoms with Crippen molar-refractivity contribution in [2.75, 3.05) is 6.54 Å². The Morgan fingerprint density at radius 1 is 0.958 bits per heavy atom. The molecule has 0 aliphatic heterocycles. The zero-order valence-corrected chi connectivity index (χ0v) is 14.3. The summed E-state index contributed by atoms with van der Waals surface area (Å²) < 4.78 is 2.55. The fraction of sp³-hybridized carbons (Fsp3) is 0.455. The van der Waals surface area contributed by atoms with Gasteiger partial charge in [0.15, 0.2) is 0 Å². The first kappa shape index (κ1) is 14.5. The Bertz CT molecular complexity index is 895. The fourth-order valence-corrected chi connectivity index (χ4v) is 4.80. The minimum atomic E-state index is 0.216. The molecule has 0 unspecified atom stereocenters. The standard InChI is InChI=1S/C22H26N2/c23-15-22(11-3-4-12-22)17-9-10-21-19(13-17)18-5-1-2-6-20(18)24(21)14-16-7-8-16/h1-2,5-6,9-10,13,16H,3-4,7-8,11-12,14-15,23H2. The topological polar surface area (TPSA) is 30.9 Å². The van der Waals surface area contributed by atoms with E-state index < -0.39 is 0 Å². The fourth-order valence-electron chi connectivity index (χ4n) is 4.80. The Hall–Kier alpha value is -1.80. The molecule has 2 heteroatoms. The summed E-state index contributed by atoms with van der Waals surface area (Å²) in [6.45, 7) is 1.95. The molecule has 2 fully saturated rings. The van der Waals surface area contributed by atoms with Gasteiger partial charge in [-0.1, -0.05) is 37.1 Å². The number of rotatable bonds is 4. The van der Waals surface area contributed by atoms with Crippen molar-refractivity contribution in [2.24, 2.45) is 11.7 Å². The van der Waals surface area contributed by atoms with Gasteiger partial charge in [0.05, 0.1) is 0 Å². The molecule has 3 aromatic rings. The summed E-state index contributed by atoms with van der Waals surface area (Å²) in [5.74, 6) is 0.883. The second-order valence-corrected chi connectivity index (χ2v) is 7.99. The van der Waals surface area contributed by atoms with Gasteiger partial charge in [-0.3, -0.25) is 0 Å². The molecule has 0 atom stereocenters. The zero-order chi connectivity index (χ0) is 16.1. The maximum atomic E-state index is 6.23. The van der Waals surface area contributed by atoms with E-state index in [2.05, 4.69) is 47.0 Å². The quantitative estimate of drug-likeness (QED) is 0.723. The van der Waals surface area contributed by atoms with Gasteiger partial charge in [0.25, 0.3) is 0 Å². The van der Waals surface area contributed by atoms with Crippen molar-refractivity contribution in [1.29, 1.82) is 0 Å². The first-order valence-corrected chi connectivity index (χ1v) is 9.52. The van der Waals surface area contributed by atoms with Gasteiger partial charge >= 0.3 is 0 Å². The lowest BCUT2D eigenvalue weighted by atomic mass is 9.78. The molecule has 2 aliphatic rings. The molecule has 24 heavy (non-hydrogen) atoms. The van der Waals surface area contributed by atoms with E-state index >= 15 is 0 Å². The van der Waals surface area contributed by atoms with Crippen LogP contribution in [-0.2, 0) is 12.0 Å². The average molecular weight is 318 g/mol. The first-order valence-electron chi connectivity index (χ1n) is 9.52. The van der Waals surface area contributed by atoms with Gasteiger partial charge in [0.2, 0.25) is 0 Å². The van der Waals surface area contributed by atoms with E-state index in [4.69, 9.17) is 5.73 Å². The van der Waals surface area contributed by atoms with Gasteiger partial charge in [-0.05, 0) is 55.4 Å². The molecule has 0 radical (unpaired) electrons. The number of hydrogen-bond acceptors (Lipinski definition) is 1. The minimum absolute atomic E-state index is 0.216. The molecule has 0 bridgehead atoms. The van der Waals surface area contributed by atoms with Crippen LogP contribution in [0.3, 0.4) is 0 Å². The molecule has 124 valence electrons. The molecule has 0 spiro atoms. The lowest BCUT2D eigenvalue weighted by Crippen LogP contribution is -2.31. The maximum absolute atomic E-state index is 6.23. The molecule has 0 saturated heterocycles. The summed E-state index contributed by atoms with van der Waals surface area (Å²) in [6, 6.07) is 16.1. The highest BCUT2D eigenvalue weighted by molar-refractivity contribution is 6.08. The molecule has 5 rings (SSSR count). The Morgan fingerprint density at radius 2 is 1.71 bits per heavy atom. The molecular weight excluding hydrogens is 292 g/mol. The zero-order valence-electron chi connectivity index (χ0n) is 14.3. The van der Waals surface area contributed by atoms with Crippen molar-refractivity contribution in [1.82, 2.24) is 4.57 Å². The van der Waals surface area contributed by atoms with Crippen LogP contribution in [0.1, 0.15) is 44.1 Å². The van der Waals surface area contributed by atoms with Crippen LogP contribution in [0.25, 0.3) is 21.8 Å². The third-order valence-electron chi connectivity index (χ3n) is 6.47. The number of aromatic nitrogens is 1. The van der Waals surface area contributed by atoms with Crippen LogP contribution in [0.15, 0.2) is 42.5 Å². The Kier molecular flexibility index (Phi) is 3.24. The predicted octanol–water partition coefficient (Wildman–Crippen LogP) is 4.98. The van der Waals surface area contributed by atoms with Gasteiger partial charge in [-0.15, -0.1) is 0 Å². The number of nitrogens with zero attached hydrogens (tertiary/aromatic N) is 1. The monoisotopic (exact) mass is 318 g/mol. The summed E-state index contributed by atoms with van der Waals surface area (Å²) >= 11 is 0. The SMILES string of the molecule is NCC1(c2ccc3c(c2)c2ccccc2n3CC2CC2)CCCC1. The highest BCUT2D eigenvalue weighted by Crippen LogP contribution is 2.43. The van der Waals surface area contributed by atoms with Crippen molar-refractivity contribution in [3.63, 3.8) is 0 Å². The number of hydrogen-bond donors (Lipinski definition) is 1. The van der Waals surface area contributed by atoms with E-state index in [1.807, 2.05) is 0 Å². The molecule has 1 aromatic heterocycles. The van der Waals surface area contributed by atoms with Gasteiger partial charge in [0.1, 0.15) is 0 Å². The minimum Gasteiger partial charge on any atom is -0.340 e. The van der Waals surface area contributed by atoms with Crippen LogP contribution in [0.2, 0.25) is 0 Å². The van der Waals surface area contributed by atoms with Crippen LogP contribution in [0.4, 0.5) is 0 Å². The lowest BCUT2D eigenvalue weighted by Gasteiger charge is -2.28. The van der Waals surface area contributed by atoms with E-state index in [0.717, 1.165) is 12.5 Å². The smallest absolute Gasteiger partial charge is 0.0491 e. The second-order valence-electron chi connectivity index (χ2n) is 7.99. The van der Waals surface area contributed by atoms with Crippen LogP contribution >= 0.6 is 0 Å². The Labute approximate surface area is 143 Å². The van der Waals surface area contributed by atoms with Crippen molar-refractivity contribution in [3.8, 4) is 0 Å². The summed E-state index contributed by atoms with van der Waals surface area (Å²) in [5.41, 5.74) is 10.7. The van der Waals surface area contributed by atoms with E-state index in [1.54, 1.807) is 0 Å². The Morgan fingerprint density at radius 3 is 2.46 bits per heavy atom. The summed E-state index contributed by atoms with van der Waals surface area (Å²) in [4.78, 5) is 0. The van der Waals surface area contributed by atoms with E-state index in [9.17, 15) is 0 Å². The highest BCUT2D eigenvalue weighted by Gasteiger charge is 2.34. The summed E-state index contributed by atoms with van der Waals surface area (Å²) in [7, 11) is 0. The lowest BCUT2D eigenvalue weighted by molar-refractivity contribution is 0.453. The van der Waals surface area contributed by atoms with E-state index in [-0.39, 0.29) is 5.41 Å². The number of benzene rings is 2. The number of nitrogens with two attached hydrogens (primary N) is 1. The van der Waals surface area contributed by atoms with Crippen LogP contribution in [0.5, 0.6) is 0 Å². The molecule has 2 saturated carbocycles. The summed E-state index contributed by atoms with van der Waals surface area (Å²) in [6.07, 6.45) is 7.91. The highest BCUT2D eigenvalue weighted by atomic mass is 15.0. The second kappa shape index (κ2) is 5.35. The third kappa shape index (κ3) is 2.12. The largest absolute Gasteiger partial charge is 0.340 e. The number of fused-ring (bicyclic) bond motifs is 3. The van der Waals surface area contributed by atoms with Crippen molar-refractivity contribution in [2.45, 2.75) is 50.5 Å². The third-order valence-corrected chi connectivity index (χ3v) is 6.47. The van der Waals surface area contributed by atoms with Crippen molar-refractivity contribution < 1.29 is 0 Å². The van der Waals surface area contributed by atoms with Gasteiger partial charge in [0, 0.05) is 40.3 Å². The van der Waals surface area contributed by atoms with Gasteiger partial charge in [-0.25, -0.2) is 0 Å². The van der Waals surface area contributed by atoms with Crippen molar-refractivity contribution >= 4 is 21.8 Å². The first-order chi connectivity index (χ1) is 11.8. The summed E-state index contributed by atoms with van der Waals surface area (Å²) in [5, 5.41) is 2.82. The van der Waals surface area contributed by atoms with E-state index in [1.165, 1.54) is 72.4 Å². The van der Waals surface area contributed by atoms with Gasteiger partial charge in [-0.2, -0.15) is 0 Å². The molecule has 1 heterocycles. The Balaban J connectivity index is 1.73. The molecular formula is C22H26N2. The molecule has 0 amide bonds. The van der Waals surface area contributed by atoms with Crippen LogP contribution < -0.4 is 5.73 Å². The average Bonchev–Trinajstić information content (AvgIpc) is 3.22. The van der Waals surface area contributed by atoms with E-state index in [0.29, 0.717) is 0 Å². The molecule has 2 aliphatic carbocycles. The molecule has 2 aromatic carbocycles. The van der Waals surface area contributed by atoms with Crippen LogP contribution in [0, 0.1) is 5.92 Å². The van der Waals surface area contributed by atoms with Gasteiger partial charge < -0.3 is 10.3 Å². The predicted molar refractivity (Wildman–Crippen MR) is 101 cm³/mol. The van der Waals surface area contributed by atoms with Crippen LogP contribution in [-0.4, -0.2) is 11.1 Å². The normalized spacial score (nSPS) is 20.2. The molecule has 2 N–H and O–H groups in total. The number of para-hydroxylation sites is 1.